The number of hydrogen-bond donors (Lipinski definition) is 2. The van der Waals surface area contributed by atoms with Gasteiger partial charge in [-0.3, -0.25) is 4.79 Å². The molecule has 0 spiro atoms. The number of hydrogen-bond acceptors (Lipinski definition) is 4. The summed E-state index contributed by atoms with van der Waals surface area (Å²) in [7, 11) is 0. The highest BCUT2D eigenvalue weighted by atomic mass is 16.5. The van der Waals surface area contributed by atoms with E-state index in [1.807, 2.05) is 0 Å². The van der Waals surface area contributed by atoms with Gasteiger partial charge in [0.15, 0.2) is 0 Å². The molecule has 1 amide bonds. The van der Waals surface area contributed by atoms with Gasteiger partial charge in [0, 0.05) is 17.0 Å². The summed E-state index contributed by atoms with van der Waals surface area (Å²) >= 11 is 0. The second kappa shape index (κ2) is 4.67. The van der Waals surface area contributed by atoms with Gasteiger partial charge in [-0.1, -0.05) is 0 Å². The first-order chi connectivity index (χ1) is 8.06. The van der Waals surface area contributed by atoms with Gasteiger partial charge in [-0.25, -0.2) is 4.79 Å². The average Bonchev–Trinajstić information content (AvgIpc) is 2.17. The second-order valence-corrected chi connectivity index (χ2v) is 4.21. The van der Waals surface area contributed by atoms with Crippen molar-refractivity contribution in [3.63, 3.8) is 0 Å². The van der Waals surface area contributed by atoms with Crippen molar-refractivity contribution < 1.29 is 9.53 Å². The number of carbonyl (C=O) groups excluding carboxylic acids is 1. The van der Waals surface area contributed by atoms with Crippen molar-refractivity contribution in [1.29, 1.82) is 0 Å². The fourth-order valence-electron chi connectivity index (χ4n) is 1.77. The number of aryl methyl sites for hydroxylation is 2. The maximum absolute atomic E-state index is 11.7. The zero-order valence-corrected chi connectivity index (χ0v) is 9.87. The summed E-state index contributed by atoms with van der Waals surface area (Å²) in [6.07, 6.45) is 0.234. The normalized spacial score (nSPS) is 15.4. The van der Waals surface area contributed by atoms with Crippen LogP contribution in [0.2, 0.25) is 0 Å². The topological polar surface area (TPSA) is 84.1 Å². The Hall–Kier alpha value is -1.69. The van der Waals surface area contributed by atoms with Crippen molar-refractivity contribution in [3.8, 4) is 0 Å². The molecular weight excluding hydrogens is 222 g/mol. The smallest absolute Gasteiger partial charge is 0.345 e. The SMILES string of the molecule is Cc1nc(=O)[nH]c(C)c1CC(=O)NC1COC1. The van der Waals surface area contributed by atoms with Gasteiger partial charge in [-0.15, -0.1) is 0 Å². The summed E-state index contributed by atoms with van der Waals surface area (Å²) in [6, 6.07) is 0.124. The maximum Gasteiger partial charge on any atom is 0.345 e. The zero-order valence-electron chi connectivity index (χ0n) is 9.87. The molecule has 6 nitrogen and oxygen atoms in total. The molecule has 0 aliphatic carbocycles. The van der Waals surface area contributed by atoms with Crippen molar-refractivity contribution in [3.05, 3.63) is 27.4 Å². The third kappa shape index (κ3) is 2.71. The molecule has 0 atom stereocenters. The Bertz CT molecular complexity index is 465. The van der Waals surface area contributed by atoms with E-state index in [0.717, 1.165) is 5.56 Å². The third-order valence-corrected chi connectivity index (χ3v) is 2.79. The summed E-state index contributed by atoms with van der Waals surface area (Å²) in [4.78, 5) is 29.2. The van der Waals surface area contributed by atoms with Crippen molar-refractivity contribution in [1.82, 2.24) is 15.3 Å². The van der Waals surface area contributed by atoms with Gasteiger partial charge in [-0.05, 0) is 13.8 Å². The number of nitrogens with zero attached hydrogens (tertiary/aromatic N) is 1. The van der Waals surface area contributed by atoms with Crippen LogP contribution in [0.1, 0.15) is 17.0 Å². The number of rotatable bonds is 3. The predicted octanol–water partition coefficient (Wildman–Crippen LogP) is -0.556. The molecule has 1 aliphatic heterocycles. The molecule has 2 rings (SSSR count). The molecule has 0 unspecified atom stereocenters. The van der Waals surface area contributed by atoms with E-state index < -0.39 is 0 Å². The lowest BCUT2D eigenvalue weighted by atomic mass is 10.1. The largest absolute Gasteiger partial charge is 0.377 e. The fourth-order valence-corrected chi connectivity index (χ4v) is 1.77. The number of nitrogens with one attached hydrogen (secondary N) is 2. The highest BCUT2D eigenvalue weighted by molar-refractivity contribution is 5.79. The monoisotopic (exact) mass is 237 g/mol. The first-order valence-electron chi connectivity index (χ1n) is 5.50. The maximum atomic E-state index is 11.7. The van der Waals surface area contributed by atoms with Gasteiger partial charge >= 0.3 is 5.69 Å². The van der Waals surface area contributed by atoms with E-state index in [-0.39, 0.29) is 24.1 Å². The Morgan fingerprint density at radius 3 is 2.76 bits per heavy atom. The van der Waals surface area contributed by atoms with Crippen LogP contribution in [0.5, 0.6) is 0 Å². The van der Waals surface area contributed by atoms with Crippen LogP contribution in [0.25, 0.3) is 0 Å². The molecule has 1 aromatic heterocycles. The van der Waals surface area contributed by atoms with Crippen LogP contribution in [-0.2, 0) is 16.0 Å². The molecular formula is C11H15N3O3. The third-order valence-electron chi connectivity index (χ3n) is 2.79. The number of H-pyrrole nitrogens is 1. The van der Waals surface area contributed by atoms with Gasteiger partial charge in [-0.2, -0.15) is 4.98 Å². The molecule has 1 aliphatic rings. The summed E-state index contributed by atoms with van der Waals surface area (Å²) in [5.74, 6) is -0.0710. The number of aromatic amines is 1. The summed E-state index contributed by atoms with van der Waals surface area (Å²) in [5.41, 5.74) is 1.70. The lowest BCUT2D eigenvalue weighted by Gasteiger charge is -2.26. The first kappa shape index (κ1) is 11.8. The lowest BCUT2D eigenvalue weighted by Crippen LogP contribution is -2.49. The summed E-state index contributed by atoms with van der Waals surface area (Å²) in [5, 5.41) is 2.85. The van der Waals surface area contributed by atoms with E-state index in [4.69, 9.17) is 4.74 Å². The van der Waals surface area contributed by atoms with Crippen LogP contribution >= 0.6 is 0 Å². The van der Waals surface area contributed by atoms with Crippen molar-refractivity contribution >= 4 is 5.91 Å². The second-order valence-electron chi connectivity index (χ2n) is 4.21. The molecule has 2 heterocycles. The van der Waals surface area contributed by atoms with Gasteiger partial charge in [0.25, 0.3) is 0 Å². The minimum absolute atomic E-state index is 0.0710. The predicted molar refractivity (Wildman–Crippen MR) is 60.8 cm³/mol. The standard InChI is InChI=1S/C11H15N3O3/c1-6-9(7(2)13-11(16)12-6)3-10(15)14-8-4-17-5-8/h8H,3-5H2,1-2H3,(H,14,15)(H,12,13,16). The van der Waals surface area contributed by atoms with Crippen LogP contribution in [0.3, 0.4) is 0 Å². The quantitative estimate of drug-likeness (QED) is 0.738. The van der Waals surface area contributed by atoms with Crippen LogP contribution < -0.4 is 11.0 Å². The fraction of sp³-hybridized carbons (Fsp3) is 0.545. The van der Waals surface area contributed by atoms with E-state index in [1.165, 1.54) is 0 Å². The number of ether oxygens (including phenoxy) is 1. The summed E-state index contributed by atoms with van der Waals surface area (Å²) < 4.78 is 4.97. The minimum atomic E-state index is -0.378. The van der Waals surface area contributed by atoms with E-state index >= 15 is 0 Å². The lowest BCUT2D eigenvalue weighted by molar-refractivity contribution is -0.124. The molecule has 92 valence electrons. The van der Waals surface area contributed by atoms with Crippen molar-refractivity contribution in [2.75, 3.05) is 13.2 Å². The molecule has 0 saturated carbocycles. The Kier molecular flexibility index (Phi) is 3.23. The van der Waals surface area contributed by atoms with Crippen molar-refractivity contribution in [2.24, 2.45) is 0 Å². The Morgan fingerprint density at radius 1 is 1.53 bits per heavy atom. The first-order valence-corrected chi connectivity index (χ1v) is 5.50. The van der Waals surface area contributed by atoms with Gasteiger partial charge < -0.3 is 15.0 Å². The van der Waals surface area contributed by atoms with Crippen LogP contribution in [0.15, 0.2) is 4.79 Å². The molecule has 0 aromatic carbocycles. The molecule has 2 N–H and O–H groups in total. The Morgan fingerprint density at radius 2 is 2.24 bits per heavy atom. The van der Waals surface area contributed by atoms with E-state index in [9.17, 15) is 9.59 Å². The molecule has 0 bridgehead atoms. The van der Waals surface area contributed by atoms with Crippen LogP contribution in [0.4, 0.5) is 0 Å². The Balaban J connectivity index is 2.07. The molecule has 6 heteroatoms. The van der Waals surface area contributed by atoms with E-state index in [1.54, 1.807) is 13.8 Å². The van der Waals surface area contributed by atoms with Crippen LogP contribution in [0, 0.1) is 13.8 Å². The molecule has 1 saturated heterocycles. The number of amides is 1. The molecule has 17 heavy (non-hydrogen) atoms. The van der Waals surface area contributed by atoms with Crippen molar-refractivity contribution in [2.45, 2.75) is 26.3 Å². The molecule has 1 fully saturated rings. The highest BCUT2D eigenvalue weighted by Crippen LogP contribution is 2.08. The van der Waals surface area contributed by atoms with E-state index in [0.29, 0.717) is 24.6 Å². The zero-order chi connectivity index (χ0) is 12.4. The molecule has 1 aromatic rings. The van der Waals surface area contributed by atoms with Gasteiger partial charge in [0.05, 0.1) is 25.7 Å². The Labute approximate surface area is 98.4 Å². The number of carbonyl (C=O) groups is 1. The minimum Gasteiger partial charge on any atom is -0.377 e. The van der Waals surface area contributed by atoms with Gasteiger partial charge in [0.2, 0.25) is 5.91 Å². The van der Waals surface area contributed by atoms with Gasteiger partial charge in [0.1, 0.15) is 0 Å². The van der Waals surface area contributed by atoms with Crippen LogP contribution in [-0.4, -0.2) is 35.1 Å². The van der Waals surface area contributed by atoms with E-state index in [2.05, 4.69) is 15.3 Å². The number of aromatic nitrogens is 2. The highest BCUT2D eigenvalue weighted by Gasteiger charge is 2.21. The summed E-state index contributed by atoms with van der Waals surface area (Å²) in [6.45, 7) is 4.66. The average molecular weight is 237 g/mol. The molecule has 0 radical (unpaired) electrons.